The van der Waals surface area contributed by atoms with Crippen LogP contribution in [0.5, 0.6) is 0 Å². The molecule has 6 nitrogen and oxygen atoms in total. The maximum Gasteiger partial charge on any atom is 0.257 e. The van der Waals surface area contributed by atoms with Gasteiger partial charge in [0.2, 0.25) is 0 Å². The van der Waals surface area contributed by atoms with Crippen molar-refractivity contribution in [3.05, 3.63) is 40.5 Å². The van der Waals surface area contributed by atoms with Gasteiger partial charge in [-0.1, -0.05) is 0 Å². The van der Waals surface area contributed by atoms with E-state index in [0.29, 0.717) is 19.6 Å². The van der Waals surface area contributed by atoms with Gasteiger partial charge in [-0.3, -0.25) is 9.69 Å². The van der Waals surface area contributed by atoms with Gasteiger partial charge in [-0.25, -0.2) is 8.42 Å². The van der Waals surface area contributed by atoms with Crippen LogP contribution in [0.15, 0.2) is 24.5 Å². The molecular formula is C20H27N3O3S2. The van der Waals surface area contributed by atoms with Gasteiger partial charge in [0.15, 0.2) is 0 Å². The van der Waals surface area contributed by atoms with E-state index in [0.717, 1.165) is 42.9 Å². The number of aryl methyl sites for hydroxylation is 1. The fourth-order valence-corrected chi connectivity index (χ4v) is 5.99. The quantitative estimate of drug-likeness (QED) is 0.743. The fraction of sp³-hybridized carbons (Fsp3) is 0.550. The van der Waals surface area contributed by atoms with Crippen LogP contribution in [0.4, 0.5) is 0 Å². The van der Waals surface area contributed by atoms with Crippen LogP contribution in [0, 0.1) is 0 Å². The molecule has 1 fully saturated rings. The maximum absolute atomic E-state index is 13.5. The Balaban J connectivity index is 1.52. The third-order valence-electron chi connectivity index (χ3n) is 5.64. The molecule has 152 valence electrons. The number of carbonyl (C=O) groups is 1. The minimum absolute atomic E-state index is 0.130. The molecule has 3 heterocycles. The number of hydrogen-bond donors (Lipinski definition) is 0. The Labute approximate surface area is 170 Å². The van der Waals surface area contributed by atoms with Crippen LogP contribution in [0.3, 0.4) is 0 Å². The lowest BCUT2D eigenvalue weighted by molar-refractivity contribution is 0.0643. The van der Waals surface area contributed by atoms with Crippen molar-refractivity contribution in [1.29, 1.82) is 0 Å². The summed E-state index contributed by atoms with van der Waals surface area (Å²) in [5.74, 6) is 0.308. The van der Waals surface area contributed by atoms with Crippen LogP contribution in [0.1, 0.15) is 33.6 Å². The van der Waals surface area contributed by atoms with Gasteiger partial charge in [0.25, 0.3) is 5.91 Å². The summed E-state index contributed by atoms with van der Waals surface area (Å²) >= 11 is 1.76. The highest BCUT2D eigenvalue weighted by atomic mass is 32.2. The predicted molar refractivity (Wildman–Crippen MR) is 112 cm³/mol. The van der Waals surface area contributed by atoms with Gasteiger partial charge in [0, 0.05) is 56.3 Å². The lowest BCUT2D eigenvalue weighted by Crippen LogP contribution is -2.49. The summed E-state index contributed by atoms with van der Waals surface area (Å²) < 4.78 is 24.9. The molecule has 0 N–H and O–H groups in total. The van der Waals surface area contributed by atoms with Gasteiger partial charge >= 0.3 is 0 Å². The summed E-state index contributed by atoms with van der Waals surface area (Å²) in [6, 6.07) is 3.99. The highest BCUT2D eigenvalue weighted by Gasteiger charge is 2.30. The molecule has 2 aliphatic rings. The highest BCUT2D eigenvalue weighted by Crippen LogP contribution is 2.37. The molecule has 0 aromatic carbocycles. The van der Waals surface area contributed by atoms with Gasteiger partial charge in [-0.05, 0) is 43.4 Å². The molecule has 1 saturated heterocycles. The van der Waals surface area contributed by atoms with E-state index in [1.54, 1.807) is 11.3 Å². The first-order chi connectivity index (χ1) is 13.4. The summed E-state index contributed by atoms with van der Waals surface area (Å²) in [5.41, 5.74) is 2.14. The SMILES string of the molecule is CS(=O)(=O)CCN1CCN(C(=O)c2c(-n3cccc3)sc3c2CCCC3)CC1. The summed E-state index contributed by atoms with van der Waals surface area (Å²) in [7, 11) is -2.95. The van der Waals surface area contributed by atoms with Crippen molar-refractivity contribution in [2.24, 2.45) is 0 Å². The minimum Gasteiger partial charge on any atom is -0.336 e. The zero-order valence-electron chi connectivity index (χ0n) is 16.3. The molecule has 1 aliphatic carbocycles. The Bertz CT molecular complexity index is 940. The average molecular weight is 422 g/mol. The Morgan fingerprint density at radius 3 is 2.43 bits per heavy atom. The number of piperazine rings is 1. The molecule has 4 rings (SSSR count). The molecule has 0 saturated carbocycles. The van der Waals surface area contributed by atoms with E-state index in [1.165, 1.54) is 23.1 Å². The molecule has 28 heavy (non-hydrogen) atoms. The molecule has 0 bridgehead atoms. The summed E-state index contributed by atoms with van der Waals surface area (Å²) in [6.45, 7) is 3.30. The second kappa shape index (κ2) is 8.00. The Morgan fingerprint density at radius 1 is 1.07 bits per heavy atom. The Morgan fingerprint density at radius 2 is 1.75 bits per heavy atom. The van der Waals surface area contributed by atoms with Crippen molar-refractivity contribution in [3.8, 4) is 5.00 Å². The molecule has 0 atom stereocenters. The number of fused-ring (bicyclic) bond motifs is 1. The number of hydrogen-bond acceptors (Lipinski definition) is 5. The van der Waals surface area contributed by atoms with E-state index >= 15 is 0 Å². The predicted octanol–water partition coefficient (Wildman–Crippen LogP) is 2.22. The van der Waals surface area contributed by atoms with Crippen LogP contribution in [-0.2, 0) is 22.7 Å². The molecular weight excluding hydrogens is 394 g/mol. The summed E-state index contributed by atoms with van der Waals surface area (Å²) in [4.78, 5) is 18.9. The molecule has 0 spiro atoms. The zero-order valence-corrected chi connectivity index (χ0v) is 17.9. The van der Waals surface area contributed by atoms with Crippen LogP contribution < -0.4 is 0 Å². The van der Waals surface area contributed by atoms with Crippen LogP contribution >= 0.6 is 11.3 Å². The van der Waals surface area contributed by atoms with E-state index in [2.05, 4.69) is 9.47 Å². The summed E-state index contributed by atoms with van der Waals surface area (Å²) in [6.07, 6.45) is 9.70. The number of sulfone groups is 1. The third-order valence-corrected chi connectivity index (χ3v) is 7.87. The van der Waals surface area contributed by atoms with Crippen molar-refractivity contribution in [3.63, 3.8) is 0 Å². The van der Waals surface area contributed by atoms with Gasteiger partial charge in [0.05, 0.1) is 11.3 Å². The van der Waals surface area contributed by atoms with Gasteiger partial charge < -0.3 is 9.47 Å². The van der Waals surface area contributed by atoms with Crippen molar-refractivity contribution in [2.45, 2.75) is 25.7 Å². The molecule has 0 unspecified atom stereocenters. The van der Waals surface area contributed by atoms with Crippen molar-refractivity contribution < 1.29 is 13.2 Å². The molecule has 2 aromatic heterocycles. The maximum atomic E-state index is 13.5. The smallest absolute Gasteiger partial charge is 0.257 e. The van der Waals surface area contributed by atoms with Gasteiger partial charge in [0.1, 0.15) is 14.8 Å². The largest absolute Gasteiger partial charge is 0.336 e. The van der Waals surface area contributed by atoms with Crippen LogP contribution in [0.2, 0.25) is 0 Å². The Kier molecular flexibility index (Phi) is 5.62. The normalized spacial score (nSPS) is 18.2. The lowest BCUT2D eigenvalue weighted by Gasteiger charge is -2.35. The van der Waals surface area contributed by atoms with Crippen molar-refractivity contribution in [1.82, 2.24) is 14.4 Å². The molecule has 0 radical (unpaired) electrons. The Hall–Kier alpha value is -1.64. The topological polar surface area (TPSA) is 62.6 Å². The molecule has 1 aliphatic heterocycles. The third kappa shape index (κ3) is 4.18. The molecule has 2 aromatic rings. The number of nitrogens with zero attached hydrogens (tertiary/aromatic N) is 3. The fourth-order valence-electron chi connectivity index (χ4n) is 4.05. The number of carbonyl (C=O) groups excluding carboxylic acids is 1. The van der Waals surface area contributed by atoms with E-state index in [9.17, 15) is 13.2 Å². The zero-order chi connectivity index (χ0) is 19.7. The standard InChI is InChI=1S/C20H27N3O3S2/c1-28(25,26)15-14-21-10-12-22(13-11-21)19(24)18-16-6-2-3-7-17(16)27-20(18)23-8-4-5-9-23/h4-5,8-9H,2-3,6-7,10-15H2,1H3. The van der Waals surface area contributed by atoms with Gasteiger partial charge in [-0.15, -0.1) is 11.3 Å². The molecule has 1 amide bonds. The molecule has 8 heteroatoms. The highest BCUT2D eigenvalue weighted by molar-refractivity contribution is 7.90. The minimum atomic E-state index is -2.95. The second-order valence-electron chi connectivity index (χ2n) is 7.75. The number of aromatic nitrogens is 1. The van der Waals surface area contributed by atoms with Crippen LogP contribution in [-0.4, -0.2) is 73.4 Å². The van der Waals surface area contributed by atoms with Crippen LogP contribution in [0.25, 0.3) is 5.00 Å². The van der Waals surface area contributed by atoms with E-state index in [-0.39, 0.29) is 11.7 Å². The van der Waals surface area contributed by atoms with E-state index in [4.69, 9.17) is 0 Å². The number of thiophene rings is 1. The van der Waals surface area contributed by atoms with E-state index in [1.807, 2.05) is 29.4 Å². The van der Waals surface area contributed by atoms with E-state index < -0.39 is 9.84 Å². The second-order valence-corrected chi connectivity index (χ2v) is 11.1. The number of amides is 1. The number of rotatable bonds is 5. The van der Waals surface area contributed by atoms with Gasteiger partial charge in [-0.2, -0.15) is 0 Å². The first-order valence-electron chi connectivity index (χ1n) is 9.89. The first kappa shape index (κ1) is 19.7. The van der Waals surface area contributed by atoms with Crippen molar-refractivity contribution in [2.75, 3.05) is 44.7 Å². The first-order valence-corrected chi connectivity index (χ1v) is 12.8. The average Bonchev–Trinajstić information content (AvgIpc) is 3.33. The monoisotopic (exact) mass is 421 g/mol. The lowest BCUT2D eigenvalue weighted by atomic mass is 9.95. The summed E-state index contributed by atoms with van der Waals surface area (Å²) in [5, 5.41) is 1.04. The van der Waals surface area contributed by atoms with Crippen molar-refractivity contribution >= 4 is 27.1 Å².